The quantitative estimate of drug-likeness (QED) is 0.207. The van der Waals surface area contributed by atoms with E-state index in [1.165, 1.54) is 0 Å². The standard InChI is InChI=1S/C23H14Cl2INO3/c24-16-7-5-14(6-8-16)13-29-21-4-2-1-3-15(21)11-20-23(28)30-22(27-20)18-12-17(26)9-10-19(18)25/h1-12H,13H2/b20-11-. The highest BCUT2D eigenvalue weighted by Crippen LogP contribution is 2.28. The molecule has 4 rings (SSSR count). The normalized spacial score (nSPS) is 14.6. The van der Waals surface area contributed by atoms with Gasteiger partial charge in [-0.1, -0.05) is 53.5 Å². The van der Waals surface area contributed by atoms with Crippen molar-refractivity contribution < 1.29 is 14.3 Å². The van der Waals surface area contributed by atoms with Gasteiger partial charge in [-0.15, -0.1) is 0 Å². The van der Waals surface area contributed by atoms with Crippen molar-refractivity contribution >= 4 is 63.7 Å². The summed E-state index contributed by atoms with van der Waals surface area (Å²) in [5.74, 6) is 0.283. The number of esters is 1. The number of aliphatic imine (C=N–C) groups is 1. The highest BCUT2D eigenvalue weighted by Gasteiger charge is 2.26. The lowest BCUT2D eigenvalue weighted by Gasteiger charge is -2.09. The van der Waals surface area contributed by atoms with Crippen LogP contribution in [0.5, 0.6) is 5.75 Å². The SMILES string of the molecule is O=C1OC(c2cc(I)ccc2Cl)=N/C1=C\c1ccccc1OCc1ccc(Cl)cc1. The zero-order chi connectivity index (χ0) is 21.1. The number of benzene rings is 3. The first-order valence-electron chi connectivity index (χ1n) is 8.94. The van der Waals surface area contributed by atoms with E-state index in [9.17, 15) is 4.79 Å². The van der Waals surface area contributed by atoms with Crippen LogP contribution in [0, 0.1) is 3.57 Å². The number of cyclic esters (lactones) is 1. The third kappa shape index (κ3) is 4.86. The molecule has 0 unspecified atom stereocenters. The van der Waals surface area contributed by atoms with Crippen molar-refractivity contribution in [2.45, 2.75) is 6.61 Å². The monoisotopic (exact) mass is 549 g/mol. The van der Waals surface area contributed by atoms with Gasteiger partial charge < -0.3 is 9.47 Å². The Hall–Kier alpha value is -2.35. The fourth-order valence-corrected chi connectivity index (χ4v) is 3.62. The molecular weight excluding hydrogens is 536 g/mol. The van der Waals surface area contributed by atoms with Crippen molar-refractivity contribution in [3.63, 3.8) is 0 Å². The maximum atomic E-state index is 12.4. The first kappa shape index (κ1) is 20.9. The van der Waals surface area contributed by atoms with Crippen molar-refractivity contribution in [1.82, 2.24) is 0 Å². The van der Waals surface area contributed by atoms with E-state index in [0.717, 1.165) is 14.7 Å². The first-order chi connectivity index (χ1) is 14.5. The molecule has 0 saturated carbocycles. The van der Waals surface area contributed by atoms with Gasteiger partial charge in [0.05, 0.1) is 10.6 Å². The number of para-hydroxylation sites is 1. The van der Waals surface area contributed by atoms with Crippen LogP contribution in [-0.2, 0) is 16.1 Å². The topological polar surface area (TPSA) is 47.9 Å². The average Bonchev–Trinajstić information content (AvgIpc) is 3.10. The lowest BCUT2D eigenvalue weighted by atomic mass is 10.1. The van der Waals surface area contributed by atoms with E-state index in [2.05, 4.69) is 27.6 Å². The molecule has 0 saturated heterocycles. The van der Waals surface area contributed by atoms with E-state index in [-0.39, 0.29) is 11.6 Å². The van der Waals surface area contributed by atoms with Gasteiger partial charge in [0.25, 0.3) is 0 Å². The highest BCUT2D eigenvalue weighted by molar-refractivity contribution is 14.1. The van der Waals surface area contributed by atoms with Crippen LogP contribution in [0.1, 0.15) is 16.7 Å². The molecule has 0 aromatic heterocycles. The lowest BCUT2D eigenvalue weighted by Crippen LogP contribution is -2.06. The summed E-state index contributed by atoms with van der Waals surface area (Å²) in [6.07, 6.45) is 1.65. The maximum Gasteiger partial charge on any atom is 0.363 e. The van der Waals surface area contributed by atoms with Crippen molar-refractivity contribution in [2.75, 3.05) is 0 Å². The molecule has 3 aromatic rings. The third-order valence-corrected chi connectivity index (χ3v) is 5.55. The summed E-state index contributed by atoms with van der Waals surface area (Å²) in [6, 6.07) is 20.3. The molecule has 0 bridgehead atoms. The van der Waals surface area contributed by atoms with Crippen molar-refractivity contribution in [2.24, 2.45) is 4.99 Å². The molecule has 0 radical (unpaired) electrons. The molecule has 0 spiro atoms. The Morgan fingerprint density at radius 1 is 1.03 bits per heavy atom. The Labute approximate surface area is 197 Å². The average molecular weight is 550 g/mol. The smallest absolute Gasteiger partial charge is 0.363 e. The van der Waals surface area contributed by atoms with E-state index >= 15 is 0 Å². The predicted molar refractivity (Wildman–Crippen MR) is 127 cm³/mol. The summed E-state index contributed by atoms with van der Waals surface area (Å²) in [6.45, 7) is 0.369. The Morgan fingerprint density at radius 2 is 1.80 bits per heavy atom. The van der Waals surface area contributed by atoms with Crippen LogP contribution < -0.4 is 4.74 Å². The highest BCUT2D eigenvalue weighted by atomic mass is 127. The number of carbonyl (C=O) groups excluding carboxylic acids is 1. The minimum Gasteiger partial charge on any atom is -0.488 e. The van der Waals surface area contributed by atoms with Crippen LogP contribution >= 0.6 is 45.8 Å². The molecule has 30 heavy (non-hydrogen) atoms. The Bertz CT molecular complexity index is 1170. The van der Waals surface area contributed by atoms with E-state index in [4.69, 9.17) is 32.7 Å². The fourth-order valence-electron chi connectivity index (χ4n) is 2.81. The zero-order valence-electron chi connectivity index (χ0n) is 15.4. The van der Waals surface area contributed by atoms with E-state index in [0.29, 0.717) is 28.0 Å². The van der Waals surface area contributed by atoms with Gasteiger partial charge in [0.15, 0.2) is 5.70 Å². The van der Waals surface area contributed by atoms with Gasteiger partial charge >= 0.3 is 5.97 Å². The number of nitrogens with zero attached hydrogens (tertiary/aromatic N) is 1. The summed E-state index contributed by atoms with van der Waals surface area (Å²) in [5, 5.41) is 1.14. The molecule has 0 N–H and O–H groups in total. The van der Waals surface area contributed by atoms with Gasteiger partial charge in [0.1, 0.15) is 12.4 Å². The largest absolute Gasteiger partial charge is 0.488 e. The van der Waals surface area contributed by atoms with E-state index in [1.807, 2.05) is 60.7 Å². The van der Waals surface area contributed by atoms with Gasteiger partial charge in [0, 0.05) is 14.2 Å². The number of ether oxygens (including phenoxy) is 2. The van der Waals surface area contributed by atoms with E-state index < -0.39 is 5.97 Å². The Balaban J connectivity index is 1.60. The van der Waals surface area contributed by atoms with Crippen molar-refractivity contribution in [3.8, 4) is 5.75 Å². The van der Waals surface area contributed by atoms with Crippen LogP contribution in [0.4, 0.5) is 0 Å². The molecule has 7 heteroatoms. The van der Waals surface area contributed by atoms with Crippen LogP contribution in [0.25, 0.3) is 6.08 Å². The summed E-state index contributed by atoms with van der Waals surface area (Å²) in [4.78, 5) is 16.7. The Kier molecular flexibility index (Phi) is 6.41. The number of rotatable bonds is 5. The van der Waals surface area contributed by atoms with Gasteiger partial charge in [-0.05, 0) is 70.6 Å². The molecule has 3 aromatic carbocycles. The summed E-state index contributed by atoms with van der Waals surface area (Å²) < 4.78 is 12.3. The fraction of sp³-hybridized carbons (Fsp3) is 0.0435. The van der Waals surface area contributed by atoms with Gasteiger partial charge in [-0.2, -0.15) is 0 Å². The molecule has 1 heterocycles. The van der Waals surface area contributed by atoms with E-state index in [1.54, 1.807) is 12.1 Å². The summed E-state index contributed by atoms with van der Waals surface area (Å²) in [7, 11) is 0. The minimum atomic E-state index is -0.535. The van der Waals surface area contributed by atoms with Gasteiger partial charge in [0.2, 0.25) is 5.90 Å². The van der Waals surface area contributed by atoms with Crippen molar-refractivity contribution in [1.29, 1.82) is 0 Å². The molecule has 0 amide bonds. The second kappa shape index (κ2) is 9.20. The number of halogens is 3. The lowest BCUT2D eigenvalue weighted by molar-refractivity contribution is -0.129. The van der Waals surface area contributed by atoms with Crippen LogP contribution in [0.3, 0.4) is 0 Å². The molecule has 0 aliphatic carbocycles. The molecule has 4 nitrogen and oxygen atoms in total. The van der Waals surface area contributed by atoms with Crippen LogP contribution in [-0.4, -0.2) is 11.9 Å². The van der Waals surface area contributed by atoms with Crippen molar-refractivity contribution in [3.05, 3.63) is 103 Å². The first-order valence-corrected chi connectivity index (χ1v) is 10.8. The summed E-state index contributed by atoms with van der Waals surface area (Å²) >= 11 is 14.3. The van der Waals surface area contributed by atoms with Crippen LogP contribution in [0.15, 0.2) is 77.4 Å². The molecule has 150 valence electrons. The maximum absolute atomic E-state index is 12.4. The summed E-state index contributed by atoms with van der Waals surface area (Å²) in [5.41, 5.74) is 2.46. The minimum absolute atomic E-state index is 0.183. The zero-order valence-corrected chi connectivity index (χ0v) is 19.1. The second-order valence-electron chi connectivity index (χ2n) is 6.41. The third-order valence-electron chi connectivity index (χ3n) is 4.30. The number of carbonyl (C=O) groups is 1. The molecule has 0 atom stereocenters. The van der Waals surface area contributed by atoms with Gasteiger partial charge in [-0.25, -0.2) is 9.79 Å². The molecule has 0 fully saturated rings. The second-order valence-corrected chi connectivity index (χ2v) is 8.50. The number of hydrogen-bond acceptors (Lipinski definition) is 4. The predicted octanol–water partition coefficient (Wildman–Crippen LogP) is 6.52. The number of hydrogen-bond donors (Lipinski definition) is 0. The Morgan fingerprint density at radius 3 is 2.60 bits per heavy atom. The van der Waals surface area contributed by atoms with Crippen LogP contribution in [0.2, 0.25) is 10.0 Å². The molecule has 1 aliphatic rings. The van der Waals surface area contributed by atoms with Gasteiger partial charge in [-0.3, -0.25) is 0 Å². The molecular formula is C23H14Cl2INO3. The molecule has 1 aliphatic heterocycles.